The highest BCUT2D eigenvalue weighted by atomic mass is 79.9. The fourth-order valence-corrected chi connectivity index (χ4v) is 2.72. The first-order valence-electron chi connectivity index (χ1n) is 5.81. The molecule has 0 bridgehead atoms. The Kier molecular flexibility index (Phi) is 3.31. The summed E-state index contributed by atoms with van der Waals surface area (Å²) >= 11 is 9.38. The van der Waals surface area contributed by atoms with Gasteiger partial charge in [-0.3, -0.25) is 0 Å². The number of phenolic OH excluding ortho intramolecular Hbond substituents is 1. The maximum absolute atomic E-state index is 10.3. The molecule has 2 N–H and O–H groups in total. The maximum Gasteiger partial charge on any atom is 0.169 e. The highest BCUT2D eigenvalue weighted by Crippen LogP contribution is 2.41. The minimum Gasteiger partial charge on any atom is -0.504 e. The molecule has 1 heterocycles. The number of methoxy groups -OCH3 is 1. The summed E-state index contributed by atoms with van der Waals surface area (Å²) in [6.45, 7) is 0. The van der Waals surface area contributed by atoms with Gasteiger partial charge in [0.25, 0.3) is 0 Å². The van der Waals surface area contributed by atoms with E-state index in [4.69, 9.17) is 16.3 Å². The Morgan fingerprint density at radius 3 is 2.85 bits per heavy atom. The van der Waals surface area contributed by atoms with Gasteiger partial charge in [-0.05, 0) is 46.3 Å². The topological polar surface area (TPSA) is 58.1 Å². The highest BCUT2D eigenvalue weighted by molar-refractivity contribution is 9.10. The number of benzene rings is 2. The van der Waals surface area contributed by atoms with Crippen LogP contribution in [0.5, 0.6) is 11.5 Å². The molecular formula is C14H10BrClN2O2. The lowest BCUT2D eigenvalue weighted by Gasteiger charge is -2.08. The summed E-state index contributed by atoms with van der Waals surface area (Å²) < 4.78 is 5.84. The van der Waals surface area contributed by atoms with Crippen molar-refractivity contribution in [3.8, 4) is 22.9 Å². The van der Waals surface area contributed by atoms with Crippen molar-refractivity contribution in [1.29, 1.82) is 0 Å². The van der Waals surface area contributed by atoms with E-state index in [9.17, 15) is 5.11 Å². The van der Waals surface area contributed by atoms with Gasteiger partial charge in [0.2, 0.25) is 0 Å². The number of hydrogen-bond acceptors (Lipinski definition) is 3. The Morgan fingerprint density at radius 1 is 1.30 bits per heavy atom. The summed E-state index contributed by atoms with van der Waals surface area (Å²) in [5, 5.41) is 10.9. The average molecular weight is 354 g/mol. The summed E-state index contributed by atoms with van der Waals surface area (Å²) in [4.78, 5) is 7.61. The largest absolute Gasteiger partial charge is 0.504 e. The second kappa shape index (κ2) is 5.00. The van der Waals surface area contributed by atoms with Crippen LogP contribution in [0.4, 0.5) is 0 Å². The van der Waals surface area contributed by atoms with E-state index in [1.165, 1.54) is 7.11 Å². The number of imidazole rings is 1. The normalized spacial score (nSPS) is 10.9. The quantitative estimate of drug-likeness (QED) is 0.719. The van der Waals surface area contributed by atoms with Gasteiger partial charge in [-0.25, -0.2) is 4.98 Å². The van der Waals surface area contributed by atoms with E-state index in [0.717, 1.165) is 15.5 Å². The minimum absolute atomic E-state index is 0.0343. The van der Waals surface area contributed by atoms with Gasteiger partial charge in [0.05, 0.1) is 23.7 Å². The Hall–Kier alpha value is -1.72. The van der Waals surface area contributed by atoms with Crippen LogP contribution < -0.4 is 4.74 Å². The molecule has 0 spiro atoms. The van der Waals surface area contributed by atoms with Gasteiger partial charge in [-0.2, -0.15) is 0 Å². The monoisotopic (exact) mass is 352 g/mol. The van der Waals surface area contributed by atoms with Gasteiger partial charge in [-0.15, -0.1) is 0 Å². The fourth-order valence-electron chi connectivity index (χ4n) is 2.04. The van der Waals surface area contributed by atoms with Crippen molar-refractivity contribution >= 4 is 38.6 Å². The first-order chi connectivity index (χ1) is 9.60. The number of hydrogen-bond donors (Lipinski definition) is 2. The Labute approximate surface area is 128 Å². The third-order valence-corrected chi connectivity index (χ3v) is 3.89. The smallest absolute Gasteiger partial charge is 0.169 e. The number of halogens is 2. The van der Waals surface area contributed by atoms with E-state index < -0.39 is 0 Å². The molecule has 0 aliphatic rings. The molecule has 102 valence electrons. The van der Waals surface area contributed by atoms with Crippen LogP contribution in [-0.4, -0.2) is 22.2 Å². The molecule has 0 amide bonds. The maximum atomic E-state index is 10.3. The zero-order chi connectivity index (χ0) is 14.3. The van der Waals surface area contributed by atoms with E-state index in [1.54, 1.807) is 24.3 Å². The molecule has 0 saturated carbocycles. The number of nitrogens with one attached hydrogen (secondary N) is 1. The lowest BCUT2D eigenvalue weighted by molar-refractivity contribution is 0.374. The minimum atomic E-state index is 0.0343. The predicted octanol–water partition coefficient (Wildman–Crippen LogP) is 4.36. The van der Waals surface area contributed by atoms with E-state index in [1.807, 2.05) is 6.07 Å². The van der Waals surface area contributed by atoms with Crippen molar-refractivity contribution in [2.24, 2.45) is 0 Å². The molecule has 0 unspecified atom stereocenters. The highest BCUT2D eigenvalue weighted by Gasteiger charge is 2.17. The Balaban J connectivity index is 2.25. The van der Waals surface area contributed by atoms with Crippen molar-refractivity contribution in [3.63, 3.8) is 0 Å². The standard InChI is InChI=1S/C14H10BrClN2O2/c1-20-11-5-3-8(15)12(13(11)19)14-17-9-4-2-7(16)6-10(9)18-14/h2-6,19H,1H3,(H,17,18). The summed E-state index contributed by atoms with van der Waals surface area (Å²) in [6, 6.07) is 8.87. The average Bonchev–Trinajstić information content (AvgIpc) is 2.81. The second-order valence-electron chi connectivity index (χ2n) is 4.22. The third-order valence-electron chi connectivity index (χ3n) is 2.99. The first-order valence-corrected chi connectivity index (χ1v) is 6.98. The zero-order valence-corrected chi connectivity index (χ0v) is 12.8. The van der Waals surface area contributed by atoms with Crippen molar-refractivity contribution in [2.75, 3.05) is 7.11 Å². The lowest BCUT2D eigenvalue weighted by Crippen LogP contribution is -1.89. The fraction of sp³-hybridized carbons (Fsp3) is 0.0714. The molecular weight excluding hydrogens is 344 g/mol. The molecule has 0 saturated heterocycles. The Bertz CT molecular complexity index is 801. The van der Waals surface area contributed by atoms with E-state index >= 15 is 0 Å². The van der Waals surface area contributed by atoms with Crippen LogP contribution in [0.25, 0.3) is 22.4 Å². The lowest BCUT2D eigenvalue weighted by atomic mass is 10.2. The van der Waals surface area contributed by atoms with Crippen LogP contribution in [0, 0.1) is 0 Å². The molecule has 0 aliphatic heterocycles. The second-order valence-corrected chi connectivity index (χ2v) is 5.51. The number of H-pyrrole nitrogens is 1. The number of aromatic amines is 1. The van der Waals surface area contributed by atoms with Gasteiger partial charge in [0.1, 0.15) is 5.82 Å². The van der Waals surface area contributed by atoms with E-state index in [0.29, 0.717) is 22.2 Å². The van der Waals surface area contributed by atoms with Gasteiger partial charge in [-0.1, -0.05) is 11.6 Å². The van der Waals surface area contributed by atoms with Crippen molar-refractivity contribution in [2.45, 2.75) is 0 Å². The van der Waals surface area contributed by atoms with Gasteiger partial charge in [0, 0.05) is 9.50 Å². The van der Waals surface area contributed by atoms with E-state index in [2.05, 4.69) is 25.9 Å². The Morgan fingerprint density at radius 2 is 2.10 bits per heavy atom. The van der Waals surface area contributed by atoms with Crippen LogP contribution in [0.1, 0.15) is 0 Å². The molecule has 0 fully saturated rings. The van der Waals surface area contributed by atoms with Gasteiger partial charge in [0.15, 0.2) is 11.5 Å². The molecule has 0 radical (unpaired) electrons. The number of phenols is 1. The molecule has 3 aromatic rings. The first kappa shape index (κ1) is 13.3. The molecule has 6 heteroatoms. The van der Waals surface area contributed by atoms with Gasteiger partial charge >= 0.3 is 0 Å². The van der Waals surface area contributed by atoms with Crippen LogP contribution in [-0.2, 0) is 0 Å². The third kappa shape index (κ3) is 2.13. The summed E-state index contributed by atoms with van der Waals surface area (Å²) in [5.41, 5.74) is 2.14. The number of rotatable bonds is 2. The zero-order valence-electron chi connectivity index (χ0n) is 10.4. The molecule has 0 aliphatic carbocycles. The molecule has 3 rings (SSSR count). The van der Waals surface area contributed by atoms with Crippen LogP contribution in [0.15, 0.2) is 34.8 Å². The molecule has 4 nitrogen and oxygen atoms in total. The number of aromatic hydroxyl groups is 1. The van der Waals surface area contributed by atoms with Crippen LogP contribution >= 0.6 is 27.5 Å². The number of nitrogens with zero attached hydrogens (tertiary/aromatic N) is 1. The van der Waals surface area contributed by atoms with Crippen LogP contribution in [0.3, 0.4) is 0 Å². The van der Waals surface area contributed by atoms with Crippen molar-refractivity contribution in [1.82, 2.24) is 9.97 Å². The number of fused-ring (bicyclic) bond motifs is 1. The molecule has 20 heavy (non-hydrogen) atoms. The van der Waals surface area contributed by atoms with E-state index in [-0.39, 0.29) is 5.75 Å². The molecule has 0 atom stereocenters. The van der Waals surface area contributed by atoms with Gasteiger partial charge < -0.3 is 14.8 Å². The number of aromatic nitrogens is 2. The summed E-state index contributed by atoms with van der Waals surface area (Å²) in [5.74, 6) is 0.972. The summed E-state index contributed by atoms with van der Waals surface area (Å²) in [7, 11) is 1.51. The van der Waals surface area contributed by atoms with Crippen LogP contribution in [0.2, 0.25) is 5.02 Å². The SMILES string of the molecule is COc1ccc(Br)c(-c2nc3ccc(Cl)cc3[nH]2)c1O. The molecule has 1 aromatic heterocycles. The van der Waals surface area contributed by atoms with Crippen molar-refractivity contribution < 1.29 is 9.84 Å². The molecule has 2 aromatic carbocycles. The summed E-state index contributed by atoms with van der Waals surface area (Å²) in [6.07, 6.45) is 0. The number of ether oxygens (including phenoxy) is 1. The van der Waals surface area contributed by atoms with Crippen molar-refractivity contribution in [3.05, 3.63) is 39.8 Å². The predicted molar refractivity (Wildman–Crippen MR) is 82.5 cm³/mol.